The Bertz CT molecular complexity index is 415. The monoisotopic (exact) mass is 284 g/mol. The van der Waals surface area contributed by atoms with Gasteiger partial charge < -0.3 is 14.9 Å². The molecule has 2 rings (SSSR count). The number of aliphatic hydroxyl groups is 2. The Hall–Kier alpha value is -1.08. The molecule has 0 radical (unpaired) electrons. The molecule has 1 aliphatic rings. The van der Waals surface area contributed by atoms with Gasteiger partial charge in [0.1, 0.15) is 5.82 Å². The number of aromatic nitrogens is 1. The summed E-state index contributed by atoms with van der Waals surface area (Å²) in [5.41, 5.74) is 0.478. The first kappa shape index (κ1) is 15.3. The van der Waals surface area contributed by atoms with E-state index in [4.69, 9.17) is 9.84 Å². The third-order valence-electron chi connectivity index (χ3n) is 3.42. The highest BCUT2D eigenvalue weighted by Crippen LogP contribution is 2.17. The summed E-state index contributed by atoms with van der Waals surface area (Å²) in [5, 5.41) is 19.2. The maximum absolute atomic E-state index is 12.8. The van der Waals surface area contributed by atoms with Gasteiger partial charge in [-0.15, -0.1) is 0 Å². The number of halogens is 1. The maximum atomic E-state index is 12.8. The van der Waals surface area contributed by atoms with Crippen LogP contribution in [0.4, 0.5) is 4.39 Å². The maximum Gasteiger partial charge on any atom is 0.141 e. The summed E-state index contributed by atoms with van der Waals surface area (Å²) < 4.78 is 18.3. The quantitative estimate of drug-likeness (QED) is 0.834. The summed E-state index contributed by atoms with van der Waals surface area (Å²) in [6.45, 7) is 4.09. The lowest BCUT2D eigenvalue weighted by molar-refractivity contribution is -0.0967. The Labute approximate surface area is 118 Å². The summed E-state index contributed by atoms with van der Waals surface area (Å²) in [7, 11) is 0. The minimum Gasteiger partial charge on any atom is -0.394 e. The SMILES string of the molecule is CC1CN(CCC(O)c2ccc(F)cn2)CC(CO)O1. The number of hydrogen-bond donors (Lipinski definition) is 2. The summed E-state index contributed by atoms with van der Waals surface area (Å²) >= 11 is 0. The molecule has 1 saturated heterocycles. The fraction of sp³-hybridized carbons (Fsp3) is 0.643. The molecule has 0 aliphatic carbocycles. The van der Waals surface area contributed by atoms with Crippen LogP contribution in [-0.2, 0) is 4.74 Å². The van der Waals surface area contributed by atoms with Gasteiger partial charge in [0, 0.05) is 19.6 Å². The van der Waals surface area contributed by atoms with Gasteiger partial charge in [-0.2, -0.15) is 0 Å². The van der Waals surface area contributed by atoms with Crippen molar-refractivity contribution >= 4 is 0 Å². The average molecular weight is 284 g/mol. The van der Waals surface area contributed by atoms with E-state index >= 15 is 0 Å². The first-order chi connectivity index (χ1) is 9.58. The standard InChI is InChI=1S/C14H21FN2O3/c1-10-7-17(8-12(9-18)20-10)5-4-14(19)13-3-2-11(15)6-16-13/h2-3,6,10,12,14,18-19H,4-5,7-9H2,1H3. The lowest BCUT2D eigenvalue weighted by Gasteiger charge is -2.36. The average Bonchev–Trinajstić information content (AvgIpc) is 2.45. The van der Waals surface area contributed by atoms with Crippen LogP contribution in [0.25, 0.3) is 0 Å². The van der Waals surface area contributed by atoms with Gasteiger partial charge in [0.15, 0.2) is 0 Å². The molecule has 0 aromatic carbocycles. The number of morpholine rings is 1. The van der Waals surface area contributed by atoms with E-state index < -0.39 is 11.9 Å². The fourth-order valence-corrected chi connectivity index (χ4v) is 2.46. The minimum atomic E-state index is -0.707. The van der Waals surface area contributed by atoms with E-state index in [2.05, 4.69) is 9.88 Å². The van der Waals surface area contributed by atoms with Crippen LogP contribution in [0.15, 0.2) is 18.3 Å². The highest BCUT2D eigenvalue weighted by molar-refractivity contribution is 5.07. The highest BCUT2D eigenvalue weighted by atomic mass is 19.1. The zero-order chi connectivity index (χ0) is 14.5. The molecular formula is C14H21FN2O3. The van der Waals surface area contributed by atoms with Crippen LogP contribution in [0.3, 0.4) is 0 Å². The van der Waals surface area contributed by atoms with Gasteiger partial charge in [0.25, 0.3) is 0 Å². The largest absolute Gasteiger partial charge is 0.394 e. The van der Waals surface area contributed by atoms with Crippen molar-refractivity contribution in [2.45, 2.75) is 31.7 Å². The zero-order valence-corrected chi connectivity index (χ0v) is 11.6. The fourth-order valence-electron chi connectivity index (χ4n) is 2.46. The topological polar surface area (TPSA) is 65.8 Å². The van der Waals surface area contributed by atoms with Gasteiger partial charge >= 0.3 is 0 Å². The molecule has 1 aromatic heterocycles. The van der Waals surface area contributed by atoms with Crippen molar-refractivity contribution in [2.75, 3.05) is 26.2 Å². The summed E-state index contributed by atoms with van der Waals surface area (Å²) in [4.78, 5) is 6.03. The highest BCUT2D eigenvalue weighted by Gasteiger charge is 2.25. The van der Waals surface area contributed by atoms with Crippen LogP contribution in [0.1, 0.15) is 25.1 Å². The molecule has 3 atom stereocenters. The second-order valence-corrected chi connectivity index (χ2v) is 5.22. The summed E-state index contributed by atoms with van der Waals surface area (Å²) in [6, 6.07) is 2.79. The van der Waals surface area contributed by atoms with Gasteiger partial charge in [0.05, 0.1) is 36.8 Å². The lowest BCUT2D eigenvalue weighted by Crippen LogP contribution is -2.48. The van der Waals surface area contributed by atoms with Crippen molar-refractivity contribution in [1.29, 1.82) is 0 Å². The molecule has 0 spiro atoms. The predicted molar refractivity (Wildman–Crippen MR) is 71.6 cm³/mol. The summed E-state index contributed by atoms with van der Waals surface area (Å²) in [5.74, 6) is -0.409. The second-order valence-electron chi connectivity index (χ2n) is 5.22. The molecule has 2 N–H and O–H groups in total. The summed E-state index contributed by atoms with van der Waals surface area (Å²) in [6.07, 6.45) is 0.823. The second kappa shape index (κ2) is 7.08. The number of hydrogen-bond acceptors (Lipinski definition) is 5. The molecule has 112 valence electrons. The first-order valence-corrected chi connectivity index (χ1v) is 6.86. The number of rotatable bonds is 5. The van der Waals surface area contributed by atoms with Crippen LogP contribution in [0, 0.1) is 5.82 Å². The molecule has 0 amide bonds. The normalized spacial score (nSPS) is 25.6. The Morgan fingerprint density at radius 2 is 2.30 bits per heavy atom. The van der Waals surface area contributed by atoms with Crippen LogP contribution >= 0.6 is 0 Å². The molecule has 6 heteroatoms. The number of pyridine rings is 1. The van der Waals surface area contributed by atoms with Crippen LogP contribution in [0.2, 0.25) is 0 Å². The Kier molecular flexibility index (Phi) is 5.42. The van der Waals surface area contributed by atoms with Crippen molar-refractivity contribution in [3.63, 3.8) is 0 Å². The third kappa shape index (κ3) is 4.21. The molecule has 20 heavy (non-hydrogen) atoms. The van der Waals surface area contributed by atoms with Crippen molar-refractivity contribution in [1.82, 2.24) is 9.88 Å². The molecule has 1 aliphatic heterocycles. The Morgan fingerprint density at radius 1 is 1.50 bits per heavy atom. The molecule has 2 heterocycles. The van der Waals surface area contributed by atoms with E-state index in [-0.39, 0.29) is 18.8 Å². The number of ether oxygens (including phenoxy) is 1. The van der Waals surface area contributed by atoms with E-state index in [1.165, 1.54) is 12.1 Å². The van der Waals surface area contributed by atoms with Crippen LogP contribution in [-0.4, -0.2) is 58.5 Å². The van der Waals surface area contributed by atoms with Crippen molar-refractivity contribution in [2.24, 2.45) is 0 Å². The van der Waals surface area contributed by atoms with E-state index in [0.717, 1.165) is 12.7 Å². The van der Waals surface area contributed by atoms with E-state index in [0.29, 0.717) is 25.2 Å². The van der Waals surface area contributed by atoms with Gasteiger partial charge in [-0.3, -0.25) is 9.88 Å². The van der Waals surface area contributed by atoms with Crippen molar-refractivity contribution < 1.29 is 19.3 Å². The van der Waals surface area contributed by atoms with E-state index in [9.17, 15) is 9.50 Å². The van der Waals surface area contributed by atoms with Crippen molar-refractivity contribution in [3.05, 3.63) is 29.8 Å². The van der Waals surface area contributed by atoms with Crippen molar-refractivity contribution in [3.8, 4) is 0 Å². The molecule has 1 aromatic rings. The van der Waals surface area contributed by atoms with Gasteiger partial charge in [-0.05, 0) is 25.5 Å². The minimum absolute atomic E-state index is 0.00289. The first-order valence-electron chi connectivity index (χ1n) is 6.86. The lowest BCUT2D eigenvalue weighted by atomic mass is 10.1. The Morgan fingerprint density at radius 3 is 2.95 bits per heavy atom. The predicted octanol–water partition coefficient (Wildman–Crippen LogP) is 0.726. The van der Waals surface area contributed by atoms with Gasteiger partial charge in [-0.1, -0.05) is 0 Å². The third-order valence-corrected chi connectivity index (χ3v) is 3.42. The molecular weight excluding hydrogens is 263 g/mol. The molecule has 5 nitrogen and oxygen atoms in total. The van der Waals surface area contributed by atoms with Gasteiger partial charge in [0.2, 0.25) is 0 Å². The number of nitrogens with zero attached hydrogens (tertiary/aromatic N) is 2. The molecule has 1 fully saturated rings. The van der Waals surface area contributed by atoms with E-state index in [1.807, 2.05) is 6.92 Å². The molecule has 0 saturated carbocycles. The Balaban J connectivity index is 1.83. The van der Waals surface area contributed by atoms with E-state index in [1.54, 1.807) is 0 Å². The van der Waals surface area contributed by atoms with Crippen LogP contribution in [0.5, 0.6) is 0 Å². The van der Waals surface area contributed by atoms with Gasteiger partial charge in [-0.25, -0.2) is 4.39 Å². The smallest absolute Gasteiger partial charge is 0.141 e. The molecule has 0 bridgehead atoms. The zero-order valence-electron chi connectivity index (χ0n) is 11.6. The van der Waals surface area contributed by atoms with Crippen LogP contribution < -0.4 is 0 Å². The number of aliphatic hydroxyl groups excluding tert-OH is 2. The molecule has 3 unspecified atom stereocenters.